The molecule has 0 aliphatic rings. The van der Waals surface area contributed by atoms with E-state index in [1.165, 1.54) is 6.92 Å². The maximum atomic E-state index is 11.1. The van der Waals surface area contributed by atoms with Crippen molar-refractivity contribution in [3.63, 3.8) is 0 Å². The van der Waals surface area contributed by atoms with Crippen LogP contribution in [0.3, 0.4) is 0 Å². The third-order valence-corrected chi connectivity index (χ3v) is 3.50. The van der Waals surface area contributed by atoms with Gasteiger partial charge in [-0.3, -0.25) is 9.80 Å². The SMILES string of the molecule is C=CCC(S)C(=C)N(C)NC(=C)CC(S)C(C)=O. The molecule has 0 spiro atoms. The molecular formula is C13H22N2OS2. The number of carbonyl (C=O) groups excluding carboxylic acids is 1. The molecule has 0 saturated heterocycles. The minimum atomic E-state index is -0.327. The maximum absolute atomic E-state index is 11.1. The number of hydrogen-bond donors (Lipinski definition) is 3. The zero-order chi connectivity index (χ0) is 14.3. The van der Waals surface area contributed by atoms with E-state index in [1.54, 1.807) is 11.1 Å². The van der Waals surface area contributed by atoms with Gasteiger partial charge in [-0.25, -0.2) is 0 Å². The van der Waals surface area contributed by atoms with Gasteiger partial charge in [0.2, 0.25) is 0 Å². The quantitative estimate of drug-likeness (QED) is 0.346. The molecule has 18 heavy (non-hydrogen) atoms. The molecule has 0 amide bonds. The average Bonchev–Trinajstić information content (AvgIpc) is 2.27. The molecule has 0 aromatic heterocycles. The van der Waals surface area contributed by atoms with Gasteiger partial charge in [0.05, 0.1) is 5.25 Å². The second kappa shape index (κ2) is 8.32. The Balaban J connectivity index is 4.26. The Labute approximate surface area is 121 Å². The second-order valence-corrected chi connectivity index (χ2v) is 5.38. The molecule has 0 aliphatic heterocycles. The van der Waals surface area contributed by atoms with Gasteiger partial charge in [-0.2, -0.15) is 25.3 Å². The smallest absolute Gasteiger partial charge is 0.142 e. The molecule has 0 heterocycles. The average molecular weight is 286 g/mol. The van der Waals surface area contributed by atoms with Crippen LogP contribution in [0.2, 0.25) is 0 Å². The van der Waals surface area contributed by atoms with Crippen LogP contribution < -0.4 is 5.43 Å². The molecule has 0 saturated carbocycles. The van der Waals surface area contributed by atoms with Crippen LogP contribution in [-0.4, -0.2) is 28.3 Å². The predicted octanol–water partition coefficient (Wildman–Crippen LogP) is 2.60. The van der Waals surface area contributed by atoms with Gasteiger partial charge < -0.3 is 5.43 Å². The van der Waals surface area contributed by atoms with Gasteiger partial charge >= 0.3 is 0 Å². The summed E-state index contributed by atoms with van der Waals surface area (Å²) in [5.74, 6) is 0.0292. The van der Waals surface area contributed by atoms with Crippen LogP contribution in [0.25, 0.3) is 0 Å². The van der Waals surface area contributed by atoms with E-state index < -0.39 is 0 Å². The van der Waals surface area contributed by atoms with Crippen molar-refractivity contribution in [1.82, 2.24) is 10.4 Å². The Kier molecular flexibility index (Phi) is 7.95. The molecule has 1 N–H and O–H groups in total. The van der Waals surface area contributed by atoms with Gasteiger partial charge in [-0.05, 0) is 13.3 Å². The predicted molar refractivity (Wildman–Crippen MR) is 84.8 cm³/mol. The molecule has 102 valence electrons. The van der Waals surface area contributed by atoms with Crippen LogP contribution in [-0.2, 0) is 4.79 Å². The summed E-state index contributed by atoms with van der Waals surface area (Å²) in [6.07, 6.45) is 3.02. The lowest BCUT2D eigenvalue weighted by Crippen LogP contribution is -2.36. The van der Waals surface area contributed by atoms with Crippen molar-refractivity contribution in [1.29, 1.82) is 0 Å². The Morgan fingerprint density at radius 3 is 2.39 bits per heavy atom. The van der Waals surface area contributed by atoms with Gasteiger partial charge in [-0.15, -0.1) is 6.58 Å². The molecule has 5 heteroatoms. The number of thiol groups is 2. The second-order valence-electron chi connectivity index (χ2n) is 4.14. The van der Waals surface area contributed by atoms with Gasteiger partial charge in [-0.1, -0.05) is 19.2 Å². The van der Waals surface area contributed by atoms with Crippen molar-refractivity contribution in [2.24, 2.45) is 0 Å². The number of hydrazine groups is 1. The highest BCUT2D eigenvalue weighted by Gasteiger charge is 2.14. The number of nitrogens with one attached hydrogen (secondary N) is 1. The summed E-state index contributed by atoms with van der Waals surface area (Å²) < 4.78 is 0. The van der Waals surface area contributed by atoms with E-state index in [0.717, 1.165) is 12.1 Å². The topological polar surface area (TPSA) is 32.3 Å². The zero-order valence-corrected chi connectivity index (χ0v) is 12.8. The van der Waals surface area contributed by atoms with Crippen molar-refractivity contribution in [2.45, 2.75) is 30.3 Å². The summed E-state index contributed by atoms with van der Waals surface area (Å²) in [6, 6.07) is 0. The molecule has 0 bridgehead atoms. The van der Waals surface area contributed by atoms with Gasteiger partial charge in [0.15, 0.2) is 0 Å². The highest BCUT2D eigenvalue weighted by Crippen LogP contribution is 2.15. The van der Waals surface area contributed by atoms with E-state index in [1.807, 2.05) is 7.05 Å². The van der Waals surface area contributed by atoms with Crippen molar-refractivity contribution in [3.8, 4) is 0 Å². The molecule has 3 nitrogen and oxygen atoms in total. The van der Waals surface area contributed by atoms with Crippen LogP contribution in [0.5, 0.6) is 0 Å². The van der Waals surface area contributed by atoms with Crippen LogP contribution in [0.15, 0.2) is 37.2 Å². The Morgan fingerprint density at radius 2 is 1.94 bits per heavy atom. The first-order valence-electron chi connectivity index (χ1n) is 5.64. The molecular weight excluding hydrogens is 264 g/mol. The van der Waals surface area contributed by atoms with E-state index in [0.29, 0.717) is 12.1 Å². The fourth-order valence-corrected chi connectivity index (χ4v) is 1.79. The van der Waals surface area contributed by atoms with E-state index in [4.69, 9.17) is 0 Å². The van der Waals surface area contributed by atoms with Crippen LogP contribution >= 0.6 is 25.3 Å². The normalized spacial score (nSPS) is 13.3. The standard InChI is InChI=1S/C13H22N2OS2/c1-6-7-12(17)10(3)15(5)14-9(2)8-13(18)11(4)16/h6,12-14,17-18H,1-3,7-8H2,4-5H3. The van der Waals surface area contributed by atoms with Crippen LogP contribution in [0.1, 0.15) is 19.8 Å². The monoisotopic (exact) mass is 286 g/mol. The van der Waals surface area contributed by atoms with Crippen molar-refractivity contribution >= 4 is 31.0 Å². The number of hydrogen-bond acceptors (Lipinski definition) is 5. The number of carbonyl (C=O) groups is 1. The van der Waals surface area contributed by atoms with Crippen molar-refractivity contribution in [2.75, 3.05) is 7.05 Å². The lowest BCUT2D eigenvalue weighted by Gasteiger charge is -2.28. The number of Topliss-reactive ketones (excluding diaryl/α,β-unsaturated/α-hetero) is 1. The zero-order valence-electron chi connectivity index (χ0n) is 11.0. The van der Waals surface area contributed by atoms with Gasteiger partial charge in [0.25, 0.3) is 0 Å². The third kappa shape index (κ3) is 6.21. The maximum Gasteiger partial charge on any atom is 0.142 e. The highest BCUT2D eigenvalue weighted by molar-refractivity contribution is 7.81. The van der Waals surface area contributed by atoms with Crippen molar-refractivity contribution < 1.29 is 4.79 Å². The fraction of sp³-hybridized carbons (Fsp3) is 0.462. The summed E-state index contributed by atoms with van der Waals surface area (Å²) in [4.78, 5) is 11.1. The first kappa shape index (κ1) is 17.2. The number of allylic oxidation sites excluding steroid dienone is 2. The number of ketones is 1. The van der Waals surface area contributed by atoms with E-state index >= 15 is 0 Å². The van der Waals surface area contributed by atoms with Crippen molar-refractivity contribution in [3.05, 3.63) is 37.2 Å². The minimum absolute atomic E-state index is 0.00686. The fourth-order valence-electron chi connectivity index (χ4n) is 1.25. The Bertz CT molecular complexity index is 342. The number of rotatable bonds is 9. The van der Waals surface area contributed by atoms with E-state index in [9.17, 15) is 4.79 Å². The molecule has 0 aromatic rings. The number of nitrogens with zero attached hydrogens (tertiary/aromatic N) is 1. The molecule has 0 aliphatic carbocycles. The Morgan fingerprint density at radius 1 is 1.39 bits per heavy atom. The lowest BCUT2D eigenvalue weighted by atomic mass is 10.2. The molecule has 2 unspecified atom stereocenters. The molecule has 0 fully saturated rings. The van der Waals surface area contributed by atoms with Gasteiger partial charge in [0, 0.05) is 30.1 Å². The molecule has 0 aromatic carbocycles. The van der Waals surface area contributed by atoms with E-state index in [-0.39, 0.29) is 16.3 Å². The summed E-state index contributed by atoms with van der Waals surface area (Å²) >= 11 is 8.61. The van der Waals surface area contributed by atoms with E-state index in [2.05, 4.69) is 50.4 Å². The summed E-state index contributed by atoms with van der Waals surface area (Å²) in [5, 5.41) is 1.43. The first-order valence-corrected chi connectivity index (χ1v) is 6.67. The van der Waals surface area contributed by atoms with Gasteiger partial charge in [0.1, 0.15) is 5.78 Å². The Hall–Kier alpha value is -0.810. The summed E-state index contributed by atoms with van der Waals surface area (Å²) in [7, 11) is 1.83. The lowest BCUT2D eigenvalue weighted by molar-refractivity contribution is -0.116. The largest absolute Gasteiger partial charge is 0.304 e. The molecule has 0 radical (unpaired) electrons. The van der Waals surface area contributed by atoms with Crippen LogP contribution in [0.4, 0.5) is 0 Å². The highest BCUT2D eigenvalue weighted by atomic mass is 32.1. The summed E-state index contributed by atoms with van der Waals surface area (Å²) in [6.45, 7) is 13.0. The molecule has 2 atom stereocenters. The molecule has 0 rings (SSSR count). The third-order valence-electron chi connectivity index (χ3n) is 2.44. The van der Waals surface area contributed by atoms with Crippen LogP contribution in [0, 0.1) is 0 Å². The first-order chi connectivity index (χ1) is 8.29. The minimum Gasteiger partial charge on any atom is -0.304 e. The summed E-state index contributed by atoms with van der Waals surface area (Å²) in [5.41, 5.74) is 4.59.